The van der Waals surface area contributed by atoms with Gasteiger partial charge in [-0.25, -0.2) is 13.2 Å². The number of fused-ring (bicyclic) bond motifs is 1. The molecule has 0 atom stereocenters. The van der Waals surface area contributed by atoms with E-state index in [0.717, 1.165) is 37.0 Å². The molecule has 0 amide bonds. The maximum atomic E-state index is 13.2. The predicted molar refractivity (Wildman–Crippen MR) is 68.2 cm³/mol. The summed E-state index contributed by atoms with van der Waals surface area (Å²) < 4.78 is 39.2. The third-order valence-corrected chi connectivity index (χ3v) is 3.61. The van der Waals surface area contributed by atoms with Crippen LogP contribution in [0.4, 0.5) is 13.2 Å². The fourth-order valence-electron chi connectivity index (χ4n) is 2.57. The van der Waals surface area contributed by atoms with Crippen molar-refractivity contribution in [2.45, 2.75) is 19.3 Å². The number of benzene rings is 2. The highest BCUT2D eigenvalue weighted by atomic mass is 19.2. The highest BCUT2D eigenvalue weighted by Gasteiger charge is 2.18. The quantitative estimate of drug-likeness (QED) is 0.602. The topological polar surface area (TPSA) is 17.1 Å². The summed E-state index contributed by atoms with van der Waals surface area (Å²) in [4.78, 5) is 12.2. The van der Waals surface area contributed by atoms with E-state index in [1.54, 1.807) is 12.1 Å². The highest BCUT2D eigenvalue weighted by Crippen LogP contribution is 2.24. The minimum absolute atomic E-state index is 0.181. The maximum absolute atomic E-state index is 13.2. The van der Waals surface area contributed by atoms with E-state index in [9.17, 15) is 18.0 Å². The smallest absolute Gasteiger partial charge is 0.194 e. The number of hydrogen-bond donors (Lipinski definition) is 0. The molecule has 1 aliphatic carbocycles. The van der Waals surface area contributed by atoms with Crippen LogP contribution in [0.2, 0.25) is 0 Å². The van der Waals surface area contributed by atoms with Crippen molar-refractivity contribution in [3.8, 4) is 0 Å². The standard InChI is InChI=1S/C16H11F3O/c17-13-7-12(8-14(18)15(13)19)16(20)11-5-4-9-2-1-3-10(9)6-11/h4-8H,1-3H2. The lowest BCUT2D eigenvalue weighted by molar-refractivity contribution is 0.103. The van der Waals surface area contributed by atoms with E-state index in [-0.39, 0.29) is 5.56 Å². The fourth-order valence-corrected chi connectivity index (χ4v) is 2.57. The number of halogens is 3. The van der Waals surface area contributed by atoms with Gasteiger partial charge in [-0.2, -0.15) is 0 Å². The number of aryl methyl sites for hydroxylation is 2. The molecule has 0 N–H and O–H groups in total. The molecule has 3 rings (SSSR count). The molecule has 0 aliphatic heterocycles. The molecular weight excluding hydrogens is 265 g/mol. The molecule has 1 nitrogen and oxygen atoms in total. The number of carbonyl (C=O) groups is 1. The van der Waals surface area contributed by atoms with Crippen LogP contribution in [0.5, 0.6) is 0 Å². The molecule has 0 heterocycles. The molecule has 0 spiro atoms. The van der Waals surface area contributed by atoms with Gasteiger partial charge in [-0.15, -0.1) is 0 Å². The zero-order valence-electron chi connectivity index (χ0n) is 10.6. The lowest BCUT2D eigenvalue weighted by atomic mass is 9.99. The summed E-state index contributed by atoms with van der Waals surface area (Å²) in [7, 11) is 0. The zero-order valence-corrected chi connectivity index (χ0v) is 10.6. The normalized spacial score (nSPS) is 13.3. The Morgan fingerprint density at radius 1 is 0.850 bits per heavy atom. The first kappa shape index (κ1) is 12.9. The van der Waals surface area contributed by atoms with Crippen LogP contribution in [0, 0.1) is 17.5 Å². The molecule has 4 heteroatoms. The van der Waals surface area contributed by atoms with Crippen LogP contribution in [0.25, 0.3) is 0 Å². The molecule has 0 saturated carbocycles. The van der Waals surface area contributed by atoms with Gasteiger partial charge in [-0.1, -0.05) is 12.1 Å². The molecule has 0 radical (unpaired) electrons. The number of hydrogen-bond acceptors (Lipinski definition) is 1. The summed E-state index contributed by atoms with van der Waals surface area (Å²) >= 11 is 0. The Hall–Kier alpha value is -2.10. The maximum Gasteiger partial charge on any atom is 0.194 e. The van der Waals surface area contributed by atoms with Gasteiger partial charge < -0.3 is 0 Å². The van der Waals surface area contributed by atoms with Crippen molar-refractivity contribution in [2.24, 2.45) is 0 Å². The van der Waals surface area contributed by atoms with E-state index in [1.807, 2.05) is 6.07 Å². The third kappa shape index (κ3) is 2.11. The molecule has 2 aromatic carbocycles. The van der Waals surface area contributed by atoms with Crippen molar-refractivity contribution in [3.05, 3.63) is 70.0 Å². The molecule has 0 unspecified atom stereocenters. The van der Waals surface area contributed by atoms with Crippen molar-refractivity contribution in [2.75, 3.05) is 0 Å². The summed E-state index contributed by atoms with van der Waals surface area (Å²) in [6, 6.07) is 6.73. The summed E-state index contributed by atoms with van der Waals surface area (Å²) in [6.07, 6.45) is 2.94. The van der Waals surface area contributed by atoms with E-state index in [1.165, 1.54) is 5.56 Å². The first-order valence-corrected chi connectivity index (χ1v) is 6.37. The Bertz CT molecular complexity index is 684. The van der Waals surface area contributed by atoms with Gasteiger partial charge in [0.2, 0.25) is 0 Å². The fraction of sp³-hybridized carbons (Fsp3) is 0.188. The minimum Gasteiger partial charge on any atom is -0.289 e. The lowest BCUT2D eigenvalue weighted by Gasteiger charge is -2.05. The lowest BCUT2D eigenvalue weighted by Crippen LogP contribution is -2.05. The second-order valence-electron chi connectivity index (χ2n) is 4.92. The van der Waals surface area contributed by atoms with Gasteiger partial charge in [0.05, 0.1) is 0 Å². The Labute approximate surface area is 114 Å². The van der Waals surface area contributed by atoms with Crippen LogP contribution in [0.1, 0.15) is 33.5 Å². The van der Waals surface area contributed by atoms with Gasteiger partial charge in [0.1, 0.15) is 0 Å². The van der Waals surface area contributed by atoms with Crippen molar-refractivity contribution >= 4 is 5.78 Å². The van der Waals surface area contributed by atoms with Crippen LogP contribution in [-0.4, -0.2) is 5.78 Å². The van der Waals surface area contributed by atoms with Crippen molar-refractivity contribution in [1.82, 2.24) is 0 Å². The zero-order chi connectivity index (χ0) is 14.3. The van der Waals surface area contributed by atoms with E-state index >= 15 is 0 Å². The van der Waals surface area contributed by atoms with Crippen LogP contribution in [0.15, 0.2) is 30.3 Å². The van der Waals surface area contributed by atoms with E-state index < -0.39 is 23.2 Å². The Morgan fingerprint density at radius 3 is 2.20 bits per heavy atom. The molecule has 1 aliphatic rings. The van der Waals surface area contributed by atoms with Crippen molar-refractivity contribution in [3.63, 3.8) is 0 Å². The van der Waals surface area contributed by atoms with E-state index in [4.69, 9.17) is 0 Å². The largest absolute Gasteiger partial charge is 0.289 e. The number of carbonyl (C=O) groups excluding carboxylic acids is 1. The minimum atomic E-state index is -1.56. The van der Waals surface area contributed by atoms with Crippen LogP contribution in [-0.2, 0) is 12.8 Å². The van der Waals surface area contributed by atoms with Gasteiger partial charge in [0, 0.05) is 11.1 Å². The summed E-state index contributed by atoms with van der Waals surface area (Å²) in [5.41, 5.74) is 2.49. The van der Waals surface area contributed by atoms with Crippen LogP contribution in [0.3, 0.4) is 0 Å². The molecule has 20 heavy (non-hydrogen) atoms. The van der Waals surface area contributed by atoms with Gasteiger partial charge in [-0.3, -0.25) is 4.79 Å². The summed E-state index contributed by atoms with van der Waals surface area (Å²) in [5, 5.41) is 0. The average molecular weight is 276 g/mol. The molecule has 102 valence electrons. The summed E-state index contributed by atoms with van der Waals surface area (Å²) in [5.74, 6) is -4.77. The molecule has 0 bridgehead atoms. The Kier molecular flexibility index (Phi) is 3.08. The Balaban J connectivity index is 2.00. The second-order valence-corrected chi connectivity index (χ2v) is 4.92. The molecule has 0 aromatic heterocycles. The first-order valence-electron chi connectivity index (χ1n) is 6.37. The van der Waals surface area contributed by atoms with Gasteiger partial charge in [0.15, 0.2) is 23.2 Å². The predicted octanol–water partition coefficient (Wildman–Crippen LogP) is 3.82. The molecular formula is C16H11F3O. The average Bonchev–Trinajstić information content (AvgIpc) is 2.90. The Morgan fingerprint density at radius 2 is 1.50 bits per heavy atom. The highest BCUT2D eigenvalue weighted by molar-refractivity contribution is 6.09. The first-order chi connectivity index (χ1) is 9.56. The van der Waals surface area contributed by atoms with Gasteiger partial charge >= 0.3 is 0 Å². The van der Waals surface area contributed by atoms with Gasteiger partial charge in [0.25, 0.3) is 0 Å². The van der Waals surface area contributed by atoms with Crippen molar-refractivity contribution in [1.29, 1.82) is 0 Å². The molecule has 0 fully saturated rings. The molecule has 0 saturated heterocycles. The second kappa shape index (κ2) is 4.78. The van der Waals surface area contributed by atoms with Crippen molar-refractivity contribution < 1.29 is 18.0 Å². The summed E-state index contributed by atoms with van der Waals surface area (Å²) in [6.45, 7) is 0. The van der Waals surface area contributed by atoms with Crippen LogP contribution < -0.4 is 0 Å². The third-order valence-electron chi connectivity index (χ3n) is 3.61. The monoisotopic (exact) mass is 276 g/mol. The van der Waals surface area contributed by atoms with Gasteiger partial charge in [-0.05, 0) is 48.6 Å². The number of rotatable bonds is 2. The molecule has 2 aromatic rings. The van der Waals surface area contributed by atoms with E-state index in [0.29, 0.717) is 5.56 Å². The number of ketones is 1. The van der Waals surface area contributed by atoms with E-state index in [2.05, 4.69) is 0 Å². The SMILES string of the molecule is O=C(c1cc(F)c(F)c(F)c1)c1ccc2c(c1)CCC2. The van der Waals surface area contributed by atoms with Crippen LogP contribution >= 0.6 is 0 Å².